The molecule has 1 aromatic rings. The normalized spacial score (nSPS) is 18.9. The van der Waals surface area contributed by atoms with E-state index in [2.05, 4.69) is 0 Å². The minimum Gasteiger partial charge on any atom is -0.478 e. The molecule has 1 aliphatic heterocycles. The number of amides is 1. The third-order valence-corrected chi connectivity index (χ3v) is 3.41. The molecule has 1 N–H and O–H groups in total. The largest absolute Gasteiger partial charge is 0.478 e. The molecule has 0 bridgehead atoms. The zero-order valence-corrected chi connectivity index (χ0v) is 11.1. The van der Waals surface area contributed by atoms with E-state index in [1.807, 2.05) is 6.92 Å². The van der Waals surface area contributed by atoms with Crippen LogP contribution in [0.5, 0.6) is 0 Å². The molecule has 1 heterocycles. The standard InChI is InChI=1S/C14H16FNO4/c1-2-10-8-20-6-5-16(10)13(17)11-4-3-9(14(18)19)7-12(11)15/h3-4,7,10H,2,5-6,8H2,1H3,(H,18,19). The minimum atomic E-state index is -1.22. The monoisotopic (exact) mass is 281 g/mol. The van der Waals surface area contributed by atoms with E-state index in [0.717, 1.165) is 12.5 Å². The van der Waals surface area contributed by atoms with Crippen molar-refractivity contribution in [2.24, 2.45) is 0 Å². The van der Waals surface area contributed by atoms with E-state index in [1.165, 1.54) is 12.1 Å². The molecular weight excluding hydrogens is 265 g/mol. The van der Waals surface area contributed by atoms with Crippen molar-refractivity contribution in [1.29, 1.82) is 0 Å². The number of carboxylic acids is 1. The van der Waals surface area contributed by atoms with Crippen LogP contribution in [0.2, 0.25) is 0 Å². The summed E-state index contributed by atoms with van der Waals surface area (Å²) in [7, 11) is 0. The fraction of sp³-hybridized carbons (Fsp3) is 0.429. The lowest BCUT2D eigenvalue weighted by molar-refractivity contribution is -0.00303. The van der Waals surface area contributed by atoms with Crippen molar-refractivity contribution in [1.82, 2.24) is 4.90 Å². The van der Waals surface area contributed by atoms with E-state index < -0.39 is 17.7 Å². The second-order valence-corrected chi connectivity index (χ2v) is 4.64. The molecule has 108 valence electrons. The van der Waals surface area contributed by atoms with Crippen LogP contribution in [0.3, 0.4) is 0 Å². The van der Waals surface area contributed by atoms with E-state index in [4.69, 9.17) is 9.84 Å². The molecule has 5 nitrogen and oxygen atoms in total. The van der Waals surface area contributed by atoms with Crippen LogP contribution in [0, 0.1) is 5.82 Å². The van der Waals surface area contributed by atoms with Gasteiger partial charge in [0, 0.05) is 6.54 Å². The molecule has 20 heavy (non-hydrogen) atoms. The highest BCUT2D eigenvalue weighted by Crippen LogP contribution is 2.18. The molecule has 0 radical (unpaired) electrons. The topological polar surface area (TPSA) is 66.8 Å². The van der Waals surface area contributed by atoms with Gasteiger partial charge in [-0.3, -0.25) is 4.79 Å². The van der Waals surface area contributed by atoms with Crippen LogP contribution in [-0.4, -0.2) is 47.7 Å². The fourth-order valence-electron chi connectivity index (χ4n) is 2.24. The number of halogens is 1. The highest BCUT2D eigenvalue weighted by Gasteiger charge is 2.28. The lowest BCUT2D eigenvalue weighted by Crippen LogP contribution is -2.48. The van der Waals surface area contributed by atoms with E-state index >= 15 is 0 Å². The van der Waals surface area contributed by atoms with Gasteiger partial charge in [-0.25, -0.2) is 9.18 Å². The second kappa shape index (κ2) is 6.00. The smallest absolute Gasteiger partial charge is 0.335 e. The Morgan fingerprint density at radius 1 is 1.50 bits per heavy atom. The zero-order chi connectivity index (χ0) is 14.7. The number of ether oxygens (including phenoxy) is 1. The molecule has 1 saturated heterocycles. The van der Waals surface area contributed by atoms with Gasteiger partial charge < -0.3 is 14.7 Å². The van der Waals surface area contributed by atoms with Gasteiger partial charge >= 0.3 is 5.97 Å². The third-order valence-electron chi connectivity index (χ3n) is 3.41. The zero-order valence-electron chi connectivity index (χ0n) is 11.1. The Kier molecular flexibility index (Phi) is 4.34. The van der Waals surface area contributed by atoms with E-state index in [0.29, 0.717) is 19.8 Å². The van der Waals surface area contributed by atoms with Gasteiger partial charge in [0.05, 0.1) is 30.4 Å². The third kappa shape index (κ3) is 2.80. The predicted octanol–water partition coefficient (Wildman–Crippen LogP) is 1.77. The number of hydrogen-bond acceptors (Lipinski definition) is 3. The molecule has 1 aromatic carbocycles. The number of nitrogens with zero attached hydrogens (tertiary/aromatic N) is 1. The molecule has 1 aliphatic rings. The summed E-state index contributed by atoms with van der Waals surface area (Å²) in [6, 6.07) is 3.26. The number of carboxylic acid groups (broad SMARTS) is 1. The summed E-state index contributed by atoms with van der Waals surface area (Å²) < 4.78 is 19.2. The molecule has 1 atom stereocenters. The Bertz CT molecular complexity index is 532. The number of carbonyl (C=O) groups is 2. The van der Waals surface area contributed by atoms with Crippen molar-refractivity contribution in [2.75, 3.05) is 19.8 Å². The van der Waals surface area contributed by atoms with Crippen molar-refractivity contribution < 1.29 is 23.8 Å². The Morgan fingerprint density at radius 2 is 2.25 bits per heavy atom. The number of morpholine rings is 1. The number of carbonyl (C=O) groups excluding carboxylic acids is 1. The van der Waals surface area contributed by atoms with Gasteiger partial charge in [-0.15, -0.1) is 0 Å². The van der Waals surface area contributed by atoms with Gasteiger partial charge in [-0.2, -0.15) is 0 Å². The fourth-order valence-corrected chi connectivity index (χ4v) is 2.24. The summed E-state index contributed by atoms with van der Waals surface area (Å²) in [6.45, 7) is 3.22. The van der Waals surface area contributed by atoms with Crippen molar-refractivity contribution in [2.45, 2.75) is 19.4 Å². The minimum absolute atomic E-state index is 0.0743. The van der Waals surface area contributed by atoms with Gasteiger partial charge in [0.1, 0.15) is 5.82 Å². The predicted molar refractivity (Wildman–Crippen MR) is 69.3 cm³/mol. The molecule has 2 rings (SSSR count). The first kappa shape index (κ1) is 14.5. The molecular formula is C14H16FNO4. The lowest BCUT2D eigenvalue weighted by Gasteiger charge is -2.35. The number of benzene rings is 1. The lowest BCUT2D eigenvalue weighted by atomic mass is 10.1. The summed E-state index contributed by atoms with van der Waals surface area (Å²) in [6.07, 6.45) is 0.723. The summed E-state index contributed by atoms with van der Waals surface area (Å²) in [5, 5.41) is 8.79. The maximum atomic E-state index is 13.9. The molecule has 6 heteroatoms. The van der Waals surface area contributed by atoms with Crippen LogP contribution in [0.1, 0.15) is 34.1 Å². The van der Waals surface area contributed by atoms with Crippen molar-refractivity contribution >= 4 is 11.9 Å². The first-order valence-corrected chi connectivity index (χ1v) is 6.46. The maximum absolute atomic E-state index is 13.9. The van der Waals surface area contributed by atoms with Gasteiger partial charge in [-0.1, -0.05) is 6.92 Å². The van der Waals surface area contributed by atoms with Gasteiger partial charge in [0.15, 0.2) is 0 Å². The first-order valence-electron chi connectivity index (χ1n) is 6.46. The molecule has 1 amide bonds. The summed E-state index contributed by atoms with van der Waals surface area (Å²) >= 11 is 0. The number of aromatic carboxylic acids is 1. The average molecular weight is 281 g/mol. The molecule has 0 aliphatic carbocycles. The van der Waals surface area contributed by atoms with Gasteiger partial charge in [0.25, 0.3) is 5.91 Å². The summed E-state index contributed by atoms with van der Waals surface area (Å²) in [5.74, 6) is -2.45. The van der Waals surface area contributed by atoms with E-state index in [9.17, 15) is 14.0 Å². The van der Waals surface area contributed by atoms with Crippen LogP contribution >= 0.6 is 0 Å². The summed E-state index contributed by atoms with van der Waals surface area (Å²) in [4.78, 5) is 24.7. The SMILES string of the molecule is CCC1COCCN1C(=O)c1ccc(C(=O)O)cc1F. The van der Waals surface area contributed by atoms with Crippen molar-refractivity contribution in [3.05, 3.63) is 35.1 Å². The number of rotatable bonds is 3. The van der Waals surface area contributed by atoms with Crippen molar-refractivity contribution in [3.8, 4) is 0 Å². The highest BCUT2D eigenvalue weighted by molar-refractivity contribution is 5.96. The van der Waals surface area contributed by atoms with Crippen molar-refractivity contribution in [3.63, 3.8) is 0 Å². The Morgan fingerprint density at radius 3 is 2.85 bits per heavy atom. The number of hydrogen-bond donors (Lipinski definition) is 1. The summed E-state index contributed by atoms with van der Waals surface area (Å²) in [5.41, 5.74) is -0.275. The van der Waals surface area contributed by atoms with Gasteiger partial charge in [-0.05, 0) is 24.6 Å². The van der Waals surface area contributed by atoms with Crippen LogP contribution in [0.25, 0.3) is 0 Å². The quantitative estimate of drug-likeness (QED) is 0.917. The first-order chi connectivity index (χ1) is 9.54. The Balaban J connectivity index is 2.26. The van der Waals surface area contributed by atoms with Crippen LogP contribution in [0.15, 0.2) is 18.2 Å². The van der Waals surface area contributed by atoms with Crippen LogP contribution < -0.4 is 0 Å². The van der Waals surface area contributed by atoms with Gasteiger partial charge in [0.2, 0.25) is 0 Å². The Hall–Kier alpha value is -1.95. The van der Waals surface area contributed by atoms with Crippen LogP contribution in [-0.2, 0) is 4.74 Å². The van der Waals surface area contributed by atoms with Crippen LogP contribution in [0.4, 0.5) is 4.39 Å². The highest BCUT2D eigenvalue weighted by atomic mass is 19.1. The molecule has 0 spiro atoms. The second-order valence-electron chi connectivity index (χ2n) is 4.64. The van der Waals surface area contributed by atoms with E-state index in [-0.39, 0.29) is 17.2 Å². The molecule has 0 saturated carbocycles. The van der Waals surface area contributed by atoms with E-state index in [1.54, 1.807) is 4.90 Å². The molecule has 0 aromatic heterocycles. The average Bonchev–Trinajstić information content (AvgIpc) is 2.46. The molecule has 1 fully saturated rings. The Labute approximate surface area is 116 Å². The maximum Gasteiger partial charge on any atom is 0.335 e. The molecule has 1 unspecified atom stereocenters.